The van der Waals surface area contributed by atoms with Gasteiger partial charge in [0.15, 0.2) is 0 Å². The van der Waals surface area contributed by atoms with Crippen molar-refractivity contribution in [2.24, 2.45) is 0 Å². The molecule has 0 aromatic carbocycles. The van der Waals surface area contributed by atoms with E-state index in [9.17, 15) is 8.42 Å². The van der Waals surface area contributed by atoms with Crippen molar-refractivity contribution in [1.82, 2.24) is 9.62 Å². The quantitative estimate of drug-likeness (QED) is 0.530. The lowest BCUT2D eigenvalue weighted by molar-refractivity contribution is 0.119. The second kappa shape index (κ2) is 8.94. The maximum Gasteiger partial charge on any atom is 0.214 e. The summed E-state index contributed by atoms with van der Waals surface area (Å²) >= 11 is 0. The molecule has 1 N–H and O–H groups in total. The van der Waals surface area contributed by atoms with Crippen LogP contribution >= 0.6 is 0 Å². The van der Waals surface area contributed by atoms with Crippen molar-refractivity contribution in [3.05, 3.63) is 0 Å². The van der Waals surface area contributed by atoms with E-state index in [0.717, 1.165) is 6.54 Å². The van der Waals surface area contributed by atoms with Crippen LogP contribution in [-0.4, -0.2) is 71.1 Å². The molecular weight excluding hydrogens is 280 g/mol. The fourth-order valence-corrected chi connectivity index (χ4v) is 3.81. The first-order valence-corrected chi connectivity index (χ1v) is 8.83. The van der Waals surface area contributed by atoms with Crippen molar-refractivity contribution in [3.63, 3.8) is 0 Å². The van der Waals surface area contributed by atoms with Gasteiger partial charge in [0.05, 0.1) is 19.0 Å². The zero-order chi connectivity index (χ0) is 15.0. The molecule has 1 saturated carbocycles. The Morgan fingerprint density at radius 2 is 2.00 bits per heavy atom. The third-order valence-corrected chi connectivity index (χ3v) is 5.42. The normalized spacial score (nSPS) is 17.6. The Hall–Kier alpha value is -0.210. The van der Waals surface area contributed by atoms with Gasteiger partial charge >= 0.3 is 0 Å². The minimum Gasteiger partial charge on any atom is -0.383 e. The van der Waals surface area contributed by atoms with Crippen LogP contribution in [0.2, 0.25) is 0 Å². The zero-order valence-electron chi connectivity index (χ0n) is 12.8. The van der Waals surface area contributed by atoms with Gasteiger partial charge < -0.3 is 14.8 Å². The largest absolute Gasteiger partial charge is 0.383 e. The first-order valence-electron chi connectivity index (χ1n) is 7.22. The van der Waals surface area contributed by atoms with E-state index >= 15 is 0 Å². The van der Waals surface area contributed by atoms with E-state index in [1.807, 2.05) is 6.92 Å². The number of hydrogen-bond acceptors (Lipinski definition) is 5. The second-order valence-electron chi connectivity index (χ2n) is 5.31. The van der Waals surface area contributed by atoms with Gasteiger partial charge in [-0.15, -0.1) is 0 Å². The monoisotopic (exact) mass is 308 g/mol. The van der Waals surface area contributed by atoms with Gasteiger partial charge in [0.25, 0.3) is 0 Å². The van der Waals surface area contributed by atoms with Gasteiger partial charge in [0.1, 0.15) is 0 Å². The number of sulfonamides is 1. The van der Waals surface area contributed by atoms with Crippen molar-refractivity contribution in [1.29, 1.82) is 0 Å². The van der Waals surface area contributed by atoms with Gasteiger partial charge in [-0.25, -0.2) is 8.42 Å². The molecule has 0 bridgehead atoms. The second-order valence-corrected chi connectivity index (χ2v) is 7.35. The van der Waals surface area contributed by atoms with E-state index in [4.69, 9.17) is 9.47 Å². The van der Waals surface area contributed by atoms with Crippen LogP contribution < -0.4 is 5.32 Å². The summed E-state index contributed by atoms with van der Waals surface area (Å²) in [6.07, 6.45) is 3.08. The Labute approximate surface area is 122 Å². The molecule has 0 spiro atoms. The SMILES string of the molecule is COCCN(C(C)COC)S(=O)(=O)CCCNC1CC1. The van der Waals surface area contributed by atoms with Crippen molar-refractivity contribution >= 4 is 10.0 Å². The van der Waals surface area contributed by atoms with Gasteiger partial charge in [-0.3, -0.25) is 0 Å². The third-order valence-electron chi connectivity index (χ3n) is 3.36. The van der Waals surface area contributed by atoms with Crippen LogP contribution in [0.15, 0.2) is 0 Å². The Bertz CT molecular complexity index is 357. The minimum absolute atomic E-state index is 0.170. The predicted molar refractivity (Wildman–Crippen MR) is 79.3 cm³/mol. The summed E-state index contributed by atoms with van der Waals surface area (Å²) in [6, 6.07) is 0.450. The average molecular weight is 308 g/mol. The van der Waals surface area contributed by atoms with Gasteiger partial charge in [-0.05, 0) is 32.7 Å². The standard InChI is InChI=1S/C13H28N2O4S/c1-12(11-19-3)15(8-9-18-2)20(16,17)10-4-7-14-13-5-6-13/h12-14H,4-11H2,1-3H3. The molecule has 1 fully saturated rings. The first-order chi connectivity index (χ1) is 9.51. The van der Waals surface area contributed by atoms with E-state index in [2.05, 4.69) is 5.32 Å². The summed E-state index contributed by atoms with van der Waals surface area (Å²) in [6.45, 7) is 3.79. The fraction of sp³-hybridized carbons (Fsp3) is 1.00. The molecule has 6 nitrogen and oxygen atoms in total. The van der Waals surface area contributed by atoms with Crippen LogP contribution in [-0.2, 0) is 19.5 Å². The summed E-state index contributed by atoms with van der Waals surface area (Å²) in [5.74, 6) is 0.171. The number of nitrogens with zero attached hydrogens (tertiary/aromatic N) is 1. The summed E-state index contributed by atoms with van der Waals surface area (Å²) in [7, 11) is -0.105. The molecule has 0 amide bonds. The average Bonchev–Trinajstić information content (AvgIpc) is 3.19. The molecule has 1 aliphatic rings. The molecule has 7 heteroatoms. The molecule has 0 aliphatic heterocycles. The molecule has 0 heterocycles. The Morgan fingerprint density at radius 1 is 1.30 bits per heavy atom. The number of nitrogens with one attached hydrogen (secondary N) is 1. The summed E-state index contributed by atoms with van der Waals surface area (Å²) in [4.78, 5) is 0. The number of ether oxygens (including phenoxy) is 2. The smallest absolute Gasteiger partial charge is 0.214 e. The summed E-state index contributed by atoms with van der Waals surface area (Å²) in [5, 5.41) is 3.33. The molecule has 0 saturated heterocycles. The van der Waals surface area contributed by atoms with Crippen molar-refractivity contribution in [2.75, 3.05) is 46.3 Å². The lowest BCUT2D eigenvalue weighted by Gasteiger charge is -2.27. The molecule has 1 rings (SSSR count). The van der Waals surface area contributed by atoms with Crippen molar-refractivity contribution in [2.45, 2.75) is 38.3 Å². The molecule has 1 atom stereocenters. The summed E-state index contributed by atoms with van der Waals surface area (Å²) < 4.78 is 36.4. The van der Waals surface area contributed by atoms with Crippen LogP contribution in [0.4, 0.5) is 0 Å². The molecule has 1 unspecified atom stereocenters. The van der Waals surface area contributed by atoms with E-state index < -0.39 is 10.0 Å². The zero-order valence-corrected chi connectivity index (χ0v) is 13.6. The van der Waals surface area contributed by atoms with Crippen LogP contribution in [0, 0.1) is 0 Å². The van der Waals surface area contributed by atoms with Crippen LogP contribution in [0.25, 0.3) is 0 Å². The third kappa shape index (κ3) is 6.49. The highest BCUT2D eigenvalue weighted by molar-refractivity contribution is 7.89. The Morgan fingerprint density at radius 3 is 2.55 bits per heavy atom. The Kier molecular flexibility index (Phi) is 7.98. The van der Waals surface area contributed by atoms with Gasteiger partial charge in [0.2, 0.25) is 10.0 Å². The highest BCUT2D eigenvalue weighted by atomic mass is 32.2. The molecule has 0 aromatic heterocycles. The van der Waals surface area contributed by atoms with E-state index in [-0.39, 0.29) is 11.8 Å². The topological polar surface area (TPSA) is 67.9 Å². The highest BCUT2D eigenvalue weighted by Gasteiger charge is 2.27. The number of methoxy groups -OCH3 is 2. The van der Waals surface area contributed by atoms with Crippen molar-refractivity contribution < 1.29 is 17.9 Å². The molecular formula is C13H28N2O4S. The van der Waals surface area contributed by atoms with Crippen molar-refractivity contribution in [3.8, 4) is 0 Å². The van der Waals surface area contributed by atoms with Gasteiger partial charge in [0, 0.05) is 32.8 Å². The van der Waals surface area contributed by atoms with E-state index in [1.54, 1.807) is 14.2 Å². The number of hydrogen-bond donors (Lipinski definition) is 1. The fourth-order valence-electron chi connectivity index (χ4n) is 2.10. The highest BCUT2D eigenvalue weighted by Crippen LogP contribution is 2.18. The lowest BCUT2D eigenvalue weighted by atomic mass is 10.3. The van der Waals surface area contributed by atoms with Gasteiger partial charge in [-0.1, -0.05) is 0 Å². The predicted octanol–water partition coefficient (Wildman–Crippen LogP) is 0.442. The molecule has 120 valence electrons. The number of rotatable bonds is 12. The Balaban J connectivity index is 2.45. The maximum absolute atomic E-state index is 12.4. The van der Waals surface area contributed by atoms with Crippen LogP contribution in [0.5, 0.6) is 0 Å². The van der Waals surface area contributed by atoms with Crippen LogP contribution in [0.1, 0.15) is 26.2 Å². The molecule has 20 heavy (non-hydrogen) atoms. The molecule has 0 aromatic rings. The van der Waals surface area contributed by atoms with Gasteiger partial charge in [-0.2, -0.15) is 4.31 Å². The van der Waals surface area contributed by atoms with E-state index in [0.29, 0.717) is 32.2 Å². The lowest BCUT2D eigenvalue weighted by Crippen LogP contribution is -2.44. The molecule has 0 radical (unpaired) electrons. The first kappa shape index (κ1) is 17.8. The molecule has 1 aliphatic carbocycles. The van der Waals surface area contributed by atoms with E-state index in [1.165, 1.54) is 17.1 Å². The minimum atomic E-state index is -3.26. The van der Waals surface area contributed by atoms with Crippen LogP contribution in [0.3, 0.4) is 0 Å². The summed E-state index contributed by atoms with van der Waals surface area (Å²) in [5.41, 5.74) is 0. The maximum atomic E-state index is 12.4.